The topological polar surface area (TPSA) is 61.8 Å². The molecule has 0 aromatic heterocycles. The fourth-order valence-electron chi connectivity index (χ4n) is 4.45. The molecule has 5 heteroatoms. The Morgan fingerprint density at radius 2 is 1.83 bits per heavy atom. The zero-order chi connectivity index (χ0) is 21.3. The highest BCUT2D eigenvalue weighted by molar-refractivity contribution is 6.47. The molecule has 1 aliphatic carbocycles. The van der Waals surface area contributed by atoms with Crippen LogP contribution in [0.1, 0.15) is 49.3 Å². The van der Waals surface area contributed by atoms with Crippen LogP contribution in [0.5, 0.6) is 0 Å². The highest BCUT2D eigenvalue weighted by atomic mass is 16.2. The van der Waals surface area contributed by atoms with Crippen LogP contribution in [0.2, 0.25) is 0 Å². The van der Waals surface area contributed by atoms with Crippen LogP contribution in [-0.2, 0) is 9.59 Å². The zero-order valence-corrected chi connectivity index (χ0v) is 17.9. The Balaban J connectivity index is 1.60. The van der Waals surface area contributed by atoms with Crippen molar-refractivity contribution >= 4 is 23.2 Å². The molecule has 1 fully saturated rings. The Labute approximate surface area is 178 Å². The number of rotatable bonds is 4. The SMILES string of the molecule is Cc1ccc(C)c(NC(=O)CN2C(=O)C(c3ccccc3)=NC23CCC(C)CC3)c1. The summed E-state index contributed by atoms with van der Waals surface area (Å²) in [6.45, 7) is 6.22. The number of carbonyl (C=O) groups excluding carboxylic acids is 2. The maximum absolute atomic E-state index is 13.4. The molecule has 156 valence electrons. The van der Waals surface area contributed by atoms with Gasteiger partial charge in [-0.05, 0) is 62.6 Å². The fourth-order valence-corrected chi connectivity index (χ4v) is 4.45. The van der Waals surface area contributed by atoms with Gasteiger partial charge in [-0.1, -0.05) is 49.4 Å². The van der Waals surface area contributed by atoms with Crippen molar-refractivity contribution in [2.75, 3.05) is 11.9 Å². The lowest BCUT2D eigenvalue weighted by Crippen LogP contribution is -2.51. The summed E-state index contributed by atoms with van der Waals surface area (Å²) < 4.78 is 0. The molecule has 2 aromatic rings. The lowest BCUT2D eigenvalue weighted by molar-refractivity contribution is -0.134. The van der Waals surface area contributed by atoms with Crippen LogP contribution in [0.4, 0.5) is 5.69 Å². The number of benzene rings is 2. The molecule has 2 amide bonds. The Bertz CT molecular complexity index is 989. The lowest BCUT2D eigenvalue weighted by atomic mass is 9.82. The average Bonchev–Trinajstić information content (AvgIpc) is 3.00. The van der Waals surface area contributed by atoms with E-state index in [1.165, 1.54) is 0 Å². The van der Waals surface area contributed by atoms with Gasteiger partial charge in [0.05, 0.1) is 0 Å². The number of hydrogen-bond acceptors (Lipinski definition) is 3. The van der Waals surface area contributed by atoms with Crippen LogP contribution in [0, 0.1) is 19.8 Å². The van der Waals surface area contributed by atoms with Gasteiger partial charge in [0, 0.05) is 11.3 Å². The number of nitrogens with zero attached hydrogens (tertiary/aromatic N) is 2. The third-order valence-corrected chi connectivity index (χ3v) is 6.36. The van der Waals surface area contributed by atoms with E-state index in [1.807, 2.05) is 62.4 Å². The first kappa shape index (κ1) is 20.3. The van der Waals surface area contributed by atoms with Gasteiger partial charge in [0.1, 0.15) is 17.9 Å². The second-order valence-corrected chi connectivity index (χ2v) is 8.75. The van der Waals surface area contributed by atoms with E-state index in [0.717, 1.165) is 48.1 Å². The zero-order valence-electron chi connectivity index (χ0n) is 17.9. The maximum Gasteiger partial charge on any atom is 0.275 e. The molecule has 1 aliphatic heterocycles. The number of anilines is 1. The van der Waals surface area contributed by atoms with Gasteiger partial charge in [0.2, 0.25) is 5.91 Å². The summed E-state index contributed by atoms with van der Waals surface area (Å²) in [6, 6.07) is 15.6. The molecule has 4 rings (SSSR count). The second-order valence-electron chi connectivity index (χ2n) is 8.75. The summed E-state index contributed by atoms with van der Waals surface area (Å²) in [5, 5.41) is 3.00. The Kier molecular flexibility index (Phi) is 5.46. The summed E-state index contributed by atoms with van der Waals surface area (Å²) in [5.41, 5.74) is 3.57. The van der Waals surface area contributed by atoms with Gasteiger partial charge in [0.25, 0.3) is 5.91 Å². The predicted molar refractivity (Wildman–Crippen MR) is 120 cm³/mol. The van der Waals surface area contributed by atoms with E-state index in [9.17, 15) is 9.59 Å². The van der Waals surface area contributed by atoms with Crippen molar-refractivity contribution in [2.45, 2.75) is 52.1 Å². The van der Waals surface area contributed by atoms with E-state index < -0.39 is 5.66 Å². The summed E-state index contributed by atoms with van der Waals surface area (Å²) in [5.74, 6) is 0.291. The predicted octanol–water partition coefficient (Wildman–Crippen LogP) is 4.48. The molecule has 30 heavy (non-hydrogen) atoms. The minimum Gasteiger partial charge on any atom is -0.324 e. The Hall–Kier alpha value is -2.95. The number of carbonyl (C=O) groups is 2. The number of hydrogen-bond donors (Lipinski definition) is 1. The smallest absolute Gasteiger partial charge is 0.275 e. The molecule has 1 N–H and O–H groups in total. The fraction of sp³-hybridized carbons (Fsp3) is 0.400. The highest BCUT2D eigenvalue weighted by Crippen LogP contribution is 2.41. The molecule has 2 aromatic carbocycles. The highest BCUT2D eigenvalue weighted by Gasteiger charge is 2.49. The third kappa shape index (κ3) is 3.89. The van der Waals surface area contributed by atoms with Gasteiger partial charge < -0.3 is 10.2 Å². The number of aryl methyl sites for hydroxylation is 2. The van der Waals surface area contributed by atoms with Gasteiger partial charge in [-0.3, -0.25) is 14.6 Å². The molecule has 1 saturated carbocycles. The standard InChI is InChI=1S/C25H29N3O2/c1-17-11-13-25(14-12-17)27-23(20-7-5-4-6-8-20)24(30)28(25)16-22(29)26-21-15-18(2)9-10-19(21)3/h4-10,15,17H,11-14,16H2,1-3H3,(H,26,29). The van der Waals surface area contributed by atoms with Crippen LogP contribution in [-0.4, -0.2) is 34.6 Å². The minimum atomic E-state index is -0.603. The summed E-state index contributed by atoms with van der Waals surface area (Å²) in [4.78, 5) is 33.0. The summed E-state index contributed by atoms with van der Waals surface area (Å²) >= 11 is 0. The summed E-state index contributed by atoms with van der Waals surface area (Å²) in [7, 11) is 0. The van der Waals surface area contributed by atoms with E-state index in [2.05, 4.69) is 12.2 Å². The lowest BCUT2D eigenvalue weighted by Gasteiger charge is -2.40. The van der Waals surface area contributed by atoms with Crippen molar-refractivity contribution < 1.29 is 9.59 Å². The monoisotopic (exact) mass is 403 g/mol. The van der Waals surface area contributed by atoms with Crippen LogP contribution in [0.25, 0.3) is 0 Å². The number of aliphatic imine (C=N–C) groups is 1. The summed E-state index contributed by atoms with van der Waals surface area (Å²) in [6.07, 6.45) is 3.61. The maximum atomic E-state index is 13.4. The van der Waals surface area contributed by atoms with Gasteiger partial charge in [-0.2, -0.15) is 0 Å². The third-order valence-electron chi connectivity index (χ3n) is 6.36. The van der Waals surface area contributed by atoms with Gasteiger partial charge in [-0.25, -0.2) is 0 Å². The first-order valence-corrected chi connectivity index (χ1v) is 10.7. The molecule has 2 aliphatic rings. The Morgan fingerprint density at radius 1 is 1.13 bits per heavy atom. The van der Waals surface area contributed by atoms with E-state index in [1.54, 1.807) is 4.90 Å². The van der Waals surface area contributed by atoms with Crippen LogP contribution in [0.3, 0.4) is 0 Å². The first-order valence-electron chi connectivity index (χ1n) is 10.7. The molecular formula is C25H29N3O2. The molecule has 0 saturated heterocycles. The molecular weight excluding hydrogens is 374 g/mol. The minimum absolute atomic E-state index is 0.0143. The van der Waals surface area contributed by atoms with Crippen molar-refractivity contribution in [1.82, 2.24) is 4.90 Å². The molecule has 5 nitrogen and oxygen atoms in total. The molecule has 1 spiro atoms. The molecule has 0 bridgehead atoms. The molecule has 1 heterocycles. The van der Waals surface area contributed by atoms with E-state index in [-0.39, 0.29) is 18.4 Å². The molecule has 0 unspecified atom stereocenters. The van der Waals surface area contributed by atoms with Crippen molar-refractivity contribution in [3.05, 3.63) is 65.2 Å². The molecule has 0 radical (unpaired) electrons. The Morgan fingerprint density at radius 3 is 2.53 bits per heavy atom. The normalized spacial score (nSPS) is 23.6. The molecule has 0 atom stereocenters. The van der Waals surface area contributed by atoms with Gasteiger partial charge in [-0.15, -0.1) is 0 Å². The van der Waals surface area contributed by atoms with Crippen molar-refractivity contribution in [3.63, 3.8) is 0 Å². The van der Waals surface area contributed by atoms with Crippen LogP contribution >= 0.6 is 0 Å². The van der Waals surface area contributed by atoms with Crippen LogP contribution < -0.4 is 5.32 Å². The van der Waals surface area contributed by atoms with Crippen molar-refractivity contribution in [3.8, 4) is 0 Å². The largest absolute Gasteiger partial charge is 0.324 e. The van der Waals surface area contributed by atoms with E-state index in [4.69, 9.17) is 4.99 Å². The number of amides is 2. The quantitative estimate of drug-likeness (QED) is 0.818. The second kappa shape index (κ2) is 8.05. The van der Waals surface area contributed by atoms with E-state index >= 15 is 0 Å². The van der Waals surface area contributed by atoms with Crippen molar-refractivity contribution in [1.29, 1.82) is 0 Å². The number of nitrogens with one attached hydrogen (secondary N) is 1. The average molecular weight is 404 g/mol. The van der Waals surface area contributed by atoms with Gasteiger partial charge in [0.15, 0.2) is 0 Å². The van der Waals surface area contributed by atoms with Crippen LogP contribution in [0.15, 0.2) is 53.5 Å². The van der Waals surface area contributed by atoms with E-state index in [0.29, 0.717) is 11.6 Å². The van der Waals surface area contributed by atoms with Gasteiger partial charge >= 0.3 is 0 Å². The first-order chi connectivity index (χ1) is 14.4. The van der Waals surface area contributed by atoms with Crippen molar-refractivity contribution in [2.24, 2.45) is 10.9 Å².